The summed E-state index contributed by atoms with van der Waals surface area (Å²) in [7, 11) is 0. The molecule has 0 aromatic heterocycles. The van der Waals surface area contributed by atoms with E-state index in [0.717, 1.165) is 12.3 Å². The number of aliphatic hydroxyl groups excluding tert-OH is 1. The third-order valence-electron chi connectivity index (χ3n) is 4.97. The highest BCUT2D eigenvalue weighted by Crippen LogP contribution is 2.39. The van der Waals surface area contributed by atoms with Gasteiger partial charge in [-0.05, 0) is 42.9 Å². The van der Waals surface area contributed by atoms with E-state index < -0.39 is 0 Å². The quantitative estimate of drug-likeness (QED) is 0.756. The van der Waals surface area contributed by atoms with E-state index >= 15 is 0 Å². The van der Waals surface area contributed by atoms with Crippen LogP contribution in [0.25, 0.3) is 0 Å². The topological polar surface area (TPSA) is 23.5 Å². The number of nitrogens with zero attached hydrogens (tertiary/aromatic N) is 1. The molecule has 2 fully saturated rings. The molecule has 0 radical (unpaired) electrons. The van der Waals surface area contributed by atoms with Crippen LogP contribution >= 0.6 is 12.6 Å². The van der Waals surface area contributed by atoms with Crippen LogP contribution in [0.3, 0.4) is 0 Å². The summed E-state index contributed by atoms with van der Waals surface area (Å²) >= 11 is 4.61. The van der Waals surface area contributed by atoms with Crippen molar-refractivity contribution in [2.24, 2.45) is 11.3 Å². The Balaban J connectivity index is 1.98. The molecule has 2 nitrogen and oxygen atoms in total. The van der Waals surface area contributed by atoms with Crippen LogP contribution in [0.4, 0.5) is 0 Å². The van der Waals surface area contributed by atoms with Gasteiger partial charge in [0.1, 0.15) is 0 Å². The second-order valence-electron chi connectivity index (χ2n) is 6.21. The number of thiol groups is 1. The van der Waals surface area contributed by atoms with Crippen LogP contribution in [0.2, 0.25) is 0 Å². The lowest BCUT2D eigenvalue weighted by Gasteiger charge is -2.41. The number of hydrogen-bond donors (Lipinski definition) is 2. The second-order valence-corrected chi connectivity index (χ2v) is 6.52. The molecule has 0 spiro atoms. The van der Waals surface area contributed by atoms with Crippen molar-refractivity contribution >= 4 is 12.6 Å². The average molecular weight is 257 g/mol. The predicted octanol–water partition coefficient (Wildman–Crippen LogP) is 2.57. The molecule has 1 heterocycles. The fraction of sp³-hybridized carbons (Fsp3) is 1.00. The highest BCUT2D eigenvalue weighted by Gasteiger charge is 2.38. The van der Waals surface area contributed by atoms with Gasteiger partial charge in [0.2, 0.25) is 0 Å². The van der Waals surface area contributed by atoms with Crippen LogP contribution in [0.5, 0.6) is 0 Å². The summed E-state index contributed by atoms with van der Waals surface area (Å²) in [5.41, 5.74) is 0.429. The molecule has 2 unspecified atom stereocenters. The van der Waals surface area contributed by atoms with Gasteiger partial charge in [-0.3, -0.25) is 4.90 Å². The molecule has 3 heteroatoms. The summed E-state index contributed by atoms with van der Waals surface area (Å²) in [6.45, 7) is 4.92. The molecule has 0 amide bonds. The minimum absolute atomic E-state index is 0.323. The van der Waals surface area contributed by atoms with E-state index in [-0.39, 0.29) is 0 Å². The molecule has 1 aliphatic carbocycles. The van der Waals surface area contributed by atoms with Crippen molar-refractivity contribution in [2.75, 3.05) is 25.4 Å². The third kappa shape index (κ3) is 2.99. The molecule has 1 aliphatic heterocycles. The molecule has 1 N–H and O–H groups in total. The van der Waals surface area contributed by atoms with Crippen molar-refractivity contribution in [3.05, 3.63) is 0 Å². The molecular weight excluding hydrogens is 230 g/mol. The molecular formula is C14H27NOS. The molecule has 2 atom stereocenters. The zero-order chi connectivity index (χ0) is 12.3. The Bertz CT molecular complexity index is 240. The fourth-order valence-corrected chi connectivity index (χ4v) is 4.09. The Morgan fingerprint density at radius 2 is 2.00 bits per heavy atom. The van der Waals surface area contributed by atoms with E-state index in [1.54, 1.807) is 0 Å². The fourth-order valence-electron chi connectivity index (χ4n) is 3.68. The summed E-state index contributed by atoms with van der Waals surface area (Å²) in [6, 6.07) is 0.397. The molecule has 1 saturated carbocycles. The van der Waals surface area contributed by atoms with Crippen molar-refractivity contribution in [1.29, 1.82) is 0 Å². The van der Waals surface area contributed by atoms with Gasteiger partial charge in [-0.1, -0.05) is 26.2 Å². The first-order chi connectivity index (χ1) is 8.21. The van der Waals surface area contributed by atoms with Gasteiger partial charge in [-0.25, -0.2) is 0 Å². The minimum atomic E-state index is 0.323. The minimum Gasteiger partial charge on any atom is -0.395 e. The van der Waals surface area contributed by atoms with Crippen LogP contribution in [0.15, 0.2) is 0 Å². The molecule has 0 aromatic carbocycles. The molecule has 1 saturated heterocycles. The number of likely N-dealkylation sites (tertiary alicyclic amines) is 1. The first-order valence-electron chi connectivity index (χ1n) is 7.16. The van der Waals surface area contributed by atoms with Gasteiger partial charge in [-0.15, -0.1) is 0 Å². The second kappa shape index (κ2) is 5.94. The van der Waals surface area contributed by atoms with Crippen LogP contribution in [-0.2, 0) is 0 Å². The summed E-state index contributed by atoms with van der Waals surface area (Å²) in [6.07, 6.45) is 8.05. The molecule has 100 valence electrons. The molecule has 17 heavy (non-hydrogen) atoms. The van der Waals surface area contributed by atoms with Crippen molar-refractivity contribution in [1.82, 2.24) is 4.90 Å². The Hall–Kier alpha value is 0.270. The van der Waals surface area contributed by atoms with Crippen LogP contribution < -0.4 is 0 Å². The maximum atomic E-state index is 9.53. The van der Waals surface area contributed by atoms with Gasteiger partial charge < -0.3 is 5.11 Å². The van der Waals surface area contributed by atoms with E-state index in [0.29, 0.717) is 24.0 Å². The SMILES string of the molecule is CC1CCN(CC2(CS)CCCCC2)C1CO. The van der Waals surface area contributed by atoms with E-state index in [4.69, 9.17) is 0 Å². The monoisotopic (exact) mass is 257 g/mol. The smallest absolute Gasteiger partial charge is 0.0589 e. The highest BCUT2D eigenvalue weighted by molar-refractivity contribution is 7.80. The molecule has 0 aromatic rings. The lowest BCUT2D eigenvalue weighted by molar-refractivity contribution is 0.0793. The molecule has 2 rings (SSSR count). The highest BCUT2D eigenvalue weighted by atomic mass is 32.1. The predicted molar refractivity (Wildman–Crippen MR) is 75.6 cm³/mol. The van der Waals surface area contributed by atoms with Crippen molar-refractivity contribution < 1.29 is 5.11 Å². The van der Waals surface area contributed by atoms with Gasteiger partial charge in [0.25, 0.3) is 0 Å². The van der Waals surface area contributed by atoms with Gasteiger partial charge >= 0.3 is 0 Å². The van der Waals surface area contributed by atoms with Crippen molar-refractivity contribution in [2.45, 2.75) is 51.5 Å². The normalized spacial score (nSPS) is 34.1. The summed E-state index contributed by atoms with van der Waals surface area (Å²) < 4.78 is 0. The molecule has 2 aliphatic rings. The van der Waals surface area contributed by atoms with Gasteiger partial charge in [0.05, 0.1) is 6.61 Å². The first kappa shape index (κ1) is 13.7. The largest absolute Gasteiger partial charge is 0.395 e. The number of aliphatic hydroxyl groups is 1. The van der Waals surface area contributed by atoms with Crippen LogP contribution in [-0.4, -0.2) is 41.5 Å². The van der Waals surface area contributed by atoms with Gasteiger partial charge in [-0.2, -0.15) is 12.6 Å². The Morgan fingerprint density at radius 1 is 1.29 bits per heavy atom. The summed E-state index contributed by atoms with van der Waals surface area (Å²) in [5.74, 6) is 1.66. The first-order valence-corrected chi connectivity index (χ1v) is 7.80. The standard InChI is InChI=1S/C14H27NOS/c1-12-5-8-15(13(12)9-16)10-14(11-17)6-3-2-4-7-14/h12-13,16-17H,2-11H2,1H3. The zero-order valence-corrected chi connectivity index (χ0v) is 12.0. The zero-order valence-electron chi connectivity index (χ0n) is 11.1. The molecule has 0 bridgehead atoms. The Morgan fingerprint density at radius 3 is 2.59 bits per heavy atom. The van der Waals surface area contributed by atoms with Gasteiger partial charge in [0.15, 0.2) is 0 Å². The lowest BCUT2D eigenvalue weighted by Crippen LogP contribution is -2.45. The van der Waals surface area contributed by atoms with Crippen LogP contribution in [0, 0.1) is 11.3 Å². The van der Waals surface area contributed by atoms with Crippen molar-refractivity contribution in [3.63, 3.8) is 0 Å². The number of rotatable bonds is 4. The summed E-state index contributed by atoms with van der Waals surface area (Å²) in [5, 5.41) is 9.53. The van der Waals surface area contributed by atoms with E-state index in [1.807, 2.05) is 0 Å². The maximum Gasteiger partial charge on any atom is 0.0589 e. The van der Waals surface area contributed by atoms with Crippen LogP contribution in [0.1, 0.15) is 45.4 Å². The van der Waals surface area contributed by atoms with E-state index in [2.05, 4.69) is 24.5 Å². The van der Waals surface area contributed by atoms with E-state index in [1.165, 1.54) is 45.1 Å². The maximum absolute atomic E-state index is 9.53. The lowest BCUT2D eigenvalue weighted by atomic mass is 9.75. The Kier molecular flexibility index (Phi) is 4.79. The number of hydrogen-bond acceptors (Lipinski definition) is 3. The average Bonchev–Trinajstić information content (AvgIpc) is 2.71. The third-order valence-corrected chi connectivity index (χ3v) is 5.64. The summed E-state index contributed by atoms with van der Waals surface area (Å²) in [4.78, 5) is 2.53. The van der Waals surface area contributed by atoms with Gasteiger partial charge in [0, 0.05) is 12.6 Å². The van der Waals surface area contributed by atoms with Crippen molar-refractivity contribution in [3.8, 4) is 0 Å². The van der Waals surface area contributed by atoms with E-state index in [9.17, 15) is 5.11 Å². The Labute approximate surface area is 111 Å².